The molecule has 212 valence electrons. The quantitative estimate of drug-likeness (QED) is 0.226. The van der Waals surface area contributed by atoms with Crippen molar-refractivity contribution >= 4 is 55.3 Å². The summed E-state index contributed by atoms with van der Waals surface area (Å²) in [4.78, 5) is 14.6. The molecule has 9 rings (SSSR count). The van der Waals surface area contributed by atoms with Gasteiger partial charge in [-0.3, -0.25) is 4.98 Å². The van der Waals surface area contributed by atoms with E-state index in [-0.39, 0.29) is 6.17 Å². The maximum Gasteiger partial charge on any atom is 0.159 e. The molecule has 2 aromatic heterocycles. The van der Waals surface area contributed by atoms with Crippen molar-refractivity contribution in [3.63, 3.8) is 0 Å². The van der Waals surface area contributed by atoms with Gasteiger partial charge in [0.1, 0.15) is 23.2 Å². The number of nitrogens with one attached hydrogen (secondary N) is 1. The van der Waals surface area contributed by atoms with Crippen LogP contribution >= 0.6 is 0 Å². The third-order valence-corrected chi connectivity index (χ3v) is 8.56. The van der Waals surface area contributed by atoms with Crippen molar-refractivity contribution < 1.29 is 4.42 Å². The molecule has 3 heterocycles. The summed E-state index contributed by atoms with van der Waals surface area (Å²) in [6.45, 7) is 0. The highest BCUT2D eigenvalue weighted by Gasteiger charge is 2.23. The average Bonchev–Trinajstić information content (AvgIpc) is 3.48. The van der Waals surface area contributed by atoms with Gasteiger partial charge in [0.25, 0.3) is 0 Å². The molecule has 0 amide bonds. The number of aromatic nitrogens is 1. The zero-order valence-corrected chi connectivity index (χ0v) is 24.2. The van der Waals surface area contributed by atoms with E-state index in [9.17, 15) is 0 Å². The Kier molecular flexibility index (Phi) is 5.81. The number of nitrogens with zero attached hydrogens (tertiary/aromatic N) is 3. The van der Waals surface area contributed by atoms with Gasteiger partial charge in [0.2, 0.25) is 0 Å². The van der Waals surface area contributed by atoms with Gasteiger partial charge >= 0.3 is 0 Å². The fraction of sp³-hybridized carbons (Fsp3) is 0.0250. The van der Waals surface area contributed by atoms with Gasteiger partial charge in [0, 0.05) is 45.1 Å². The predicted octanol–water partition coefficient (Wildman–Crippen LogP) is 9.45. The van der Waals surface area contributed by atoms with Crippen molar-refractivity contribution in [2.45, 2.75) is 6.17 Å². The minimum atomic E-state index is -0.300. The molecule has 1 unspecified atom stereocenters. The smallest absolute Gasteiger partial charge is 0.159 e. The number of amidine groups is 2. The lowest BCUT2D eigenvalue weighted by Crippen LogP contribution is -2.33. The summed E-state index contributed by atoms with van der Waals surface area (Å²) >= 11 is 0. The van der Waals surface area contributed by atoms with Crippen LogP contribution in [0.4, 0.5) is 0 Å². The van der Waals surface area contributed by atoms with Crippen molar-refractivity contribution in [1.29, 1.82) is 0 Å². The molecule has 1 aliphatic heterocycles. The van der Waals surface area contributed by atoms with Crippen LogP contribution in [0.15, 0.2) is 160 Å². The largest absolute Gasteiger partial charge is 0.456 e. The molecule has 1 N–H and O–H groups in total. The lowest BCUT2D eigenvalue weighted by molar-refractivity contribution is 0.669. The Morgan fingerprint density at radius 2 is 1.38 bits per heavy atom. The molecule has 5 nitrogen and oxygen atoms in total. The number of fused-ring (bicyclic) bond motifs is 5. The predicted molar refractivity (Wildman–Crippen MR) is 184 cm³/mol. The van der Waals surface area contributed by atoms with Crippen LogP contribution in [0.1, 0.15) is 22.9 Å². The normalized spacial score (nSPS) is 14.9. The summed E-state index contributed by atoms with van der Waals surface area (Å²) in [7, 11) is 0. The molecule has 0 saturated heterocycles. The molecule has 0 radical (unpaired) electrons. The van der Waals surface area contributed by atoms with Crippen LogP contribution in [0.3, 0.4) is 0 Å². The molecule has 0 fully saturated rings. The summed E-state index contributed by atoms with van der Waals surface area (Å²) < 4.78 is 6.33. The Hall–Kier alpha value is -6.07. The van der Waals surface area contributed by atoms with Gasteiger partial charge in [-0.25, -0.2) is 9.98 Å². The maximum atomic E-state index is 6.33. The first-order chi connectivity index (χ1) is 22.3. The topological polar surface area (TPSA) is 62.8 Å². The Balaban J connectivity index is 1.17. The minimum Gasteiger partial charge on any atom is -0.456 e. The molecule has 45 heavy (non-hydrogen) atoms. The van der Waals surface area contributed by atoms with E-state index in [1.165, 1.54) is 0 Å². The van der Waals surface area contributed by atoms with E-state index in [1.54, 1.807) is 0 Å². The molecule has 0 saturated carbocycles. The summed E-state index contributed by atoms with van der Waals surface area (Å²) in [6, 6.07) is 48.1. The lowest BCUT2D eigenvalue weighted by Gasteiger charge is -2.24. The monoisotopic (exact) mass is 578 g/mol. The second kappa shape index (κ2) is 10.3. The van der Waals surface area contributed by atoms with E-state index in [1.807, 2.05) is 60.8 Å². The Morgan fingerprint density at radius 3 is 2.24 bits per heavy atom. The summed E-state index contributed by atoms with van der Waals surface area (Å²) in [5.41, 5.74) is 8.03. The zero-order valence-electron chi connectivity index (χ0n) is 24.2. The van der Waals surface area contributed by atoms with Crippen molar-refractivity contribution in [3.05, 3.63) is 162 Å². The van der Waals surface area contributed by atoms with Gasteiger partial charge in [0.15, 0.2) is 5.84 Å². The SMILES string of the molecule is c1ccc(C2=NC(c3cccc4cc(-c5cccc6oc7cc8ncccc8cc7c56)ccc34)NC(c3ccccc3)=N2)cc1. The first-order valence-electron chi connectivity index (χ1n) is 15.1. The van der Waals surface area contributed by atoms with E-state index in [0.717, 1.165) is 77.3 Å². The molecule has 1 aliphatic rings. The average molecular weight is 579 g/mol. The van der Waals surface area contributed by atoms with Gasteiger partial charge < -0.3 is 9.73 Å². The van der Waals surface area contributed by atoms with E-state index in [4.69, 9.17) is 14.4 Å². The number of pyridine rings is 1. The molecule has 0 spiro atoms. The van der Waals surface area contributed by atoms with E-state index >= 15 is 0 Å². The highest BCUT2D eigenvalue weighted by Crippen LogP contribution is 2.39. The fourth-order valence-corrected chi connectivity index (χ4v) is 6.42. The molecule has 0 bridgehead atoms. The number of hydrogen-bond acceptors (Lipinski definition) is 5. The Bertz CT molecular complexity index is 2460. The third-order valence-electron chi connectivity index (χ3n) is 8.56. The molecule has 8 aromatic rings. The van der Waals surface area contributed by atoms with Gasteiger partial charge in [-0.15, -0.1) is 0 Å². The highest BCUT2D eigenvalue weighted by molar-refractivity contribution is 6.16. The van der Waals surface area contributed by atoms with Crippen LogP contribution in [0.2, 0.25) is 0 Å². The van der Waals surface area contributed by atoms with E-state index in [0.29, 0.717) is 5.84 Å². The summed E-state index contributed by atoms with van der Waals surface area (Å²) in [5.74, 6) is 1.53. The van der Waals surface area contributed by atoms with Crippen LogP contribution in [-0.4, -0.2) is 16.7 Å². The van der Waals surface area contributed by atoms with Gasteiger partial charge in [-0.05, 0) is 46.2 Å². The summed E-state index contributed by atoms with van der Waals surface area (Å²) in [6.07, 6.45) is 1.52. The standard InChI is InChI=1S/C40H26N4O/c1-3-10-25(11-4-1)38-42-39(26-12-5-2-6-13-26)44-40(43-38)32-17-7-14-27-22-28(19-20-30(27)32)31-16-8-18-35-37(31)33-23-29-15-9-21-41-34(29)24-36(33)45-35/h1-24,40H,(H,42,43,44). The minimum absolute atomic E-state index is 0.300. The maximum absolute atomic E-state index is 6.33. The number of aliphatic imine (C=N–C) groups is 2. The van der Waals surface area contributed by atoms with E-state index in [2.05, 4.69) is 95.2 Å². The Morgan fingerprint density at radius 1 is 0.578 bits per heavy atom. The molecular formula is C40H26N4O. The first-order valence-corrected chi connectivity index (χ1v) is 15.1. The lowest BCUT2D eigenvalue weighted by atomic mass is 9.94. The third kappa shape index (κ3) is 4.36. The number of furan rings is 1. The van der Waals surface area contributed by atoms with Crippen molar-refractivity contribution in [2.75, 3.05) is 0 Å². The van der Waals surface area contributed by atoms with Crippen molar-refractivity contribution in [1.82, 2.24) is 10.3 Å². The molecule has 6 aromatic carbocycles. The molecular weight excluding hydrogens is 552 g/mol. The first kappa shape index (κ1) is 25.4. The van der Waals surface area contributed by atoms with Crippen LogP contribution in [0.25, 0.3) is 54.7 Å². The zero-order chi connectivity index (χ0) is 29.7. The van der Waals surface area contributed by atoms with Gasteiger partial charge in [0.05, 0.1) is 5.52 Å². The Labute approximate surface area is 259 Å². The number of hydrogen-bond donors (Lipinski definition) is 1. The van der Waals surface area contributed by atoms with Crippen LogP contribution in [0, 0.1) is 0 Å². The van der Waals surface area contributed by atoms with Crippen LogP contribution in [0.5, 0.6) is 0 Å². The van der Waals surface area contributed by atoms with Gasteiger partial charge in [-0.1, -0.05) is 109 Å². The second-order valence-electron chi connectivity index (χ2n) is 11.3. The fourth-order valence-electron chi connectivity index (χ4n) is 6.42. The van der Waals surface area contributed by atoms with Gasteiger partial charge in [-0.2, -0.15) is 0 Å². The van der Waals surface area contributed by atoms with Crippen molar-refractivity contribution in [2.24, 2.45) is 9.98 Å². The van der Waals surface area contributed by atoms with Crippen LogP contribution < -0.4 is 5.32 Å². The molecule has 5 heteroatoms. The van der Waals surface area contributed by atoms with E-state index < -0.39 is 0 Å². The number of benzene rings is 6. The molecule has 0 aliphatic carbocycles. The van der Waals surface area contributed by atoms with Crippen molar-refractivity contribution in [3.8, 4) is 11.1 Å². The summed E-state index contributed by atoms with van der Waals surface area (Å²) in [5, 5.41) is 9.22. The second-order valence-corrected chi connectivity index (χ2v) is 11.3. The van der Waals surface area contributed by atoms with Crippen LogP contribution in [-0.2, 0) is 0 Å². The number of rotatable bonds is 4. The molecule has 1 atom stereocenters. The highest BCUT2D eigenvalue weighted by atomic mass is 16.3.